The summed E-state index contributed by atoms with van der Waals surface area (Å²) >= 11 is 0. The molecule has 134 valence electrons. The molecule has 1 amide bonds. The van der Waals surface area contributed by atoms with E-state index in [1.54, 1.807) is 36.5 Å². The van der Waals surface area contributed by atoms with E-state index in [1.165, 1.54) is 4.57 Å². The van der Waals surface area contributed by atoms with Crippen LogP contribution in [0.5, 0.6) is 0 Å². The predicted molar refractivity (Wildman–Crippen MR) is 104 cm³/mol. The van der Waals surface area contributed by atoms with Gasteiger partial charge in [-0.05, 0) is 24.3 Å². The Balaban J connectivity index is 1.58. The summed E-state index contributed by atoms with van der Waals surface area (Å²) in [6, 6.07) is 16.1. The highest BCUT2D eigenvalue weighted by Gasteiger charge is 2.10. The highest BCUT2D eigenvalue weighted by molar-refractivity contribution is 6.00. The molecule has 2 aromatic heterocycles. The Morgan fingerprint density at radius 3 is 2.74 bits per heavy atom. The predicted octanol–water partition coefficient (Wildman–Crippen LogP) is 2.27. The molecule has 0 saturated carbocycles. The fourth-order valence-electron chi connectivity index (χ4n) is 3.10. The number of para-hydroxylation sites is 2. The lowest BCUT2D eigenvalue weighted by atomic mass is 10.2. The number of fused-ring (bicyclic) bond motifs is 2. The van der Waals surface area contributed by atoms with Crippen LogP contribution in [-0.2, 0) is 11.3 Å². The molecule has 4 rings (SSSR count). The standard InChI is InChI=1S/C20H16N4O3/c25-17(22-15-8-3-5-13-6-4-11-21-18(13)15)10-12-24-16-9-2-1-7-14(16)19(26)23-20(24)27/h1-9,11H,10,12H2,(H,22,25)(H,23,26,27). The number of aryl methyl sites for hydroxylation is 1. The number of benzene rings is 2. The normalized spacial score (nSPS) is 11.0. The first-order valence-corrected chi connectivity index (χ1v) is 8.49. The van der Waals surface area contributed by atoms with Crippen LogP contribution in [0.2, 0.25) is 0 Å². The number of H-pyrrole nitrogens is 1. The number of nitrogens with zero attached hydrogens (tertiary/aromatic N) is 2. The molecule has 0 bridgehead atoms. The lowest BCUT2D eigenvalue weighted by Crippen LogP contribution is -2.31. The molecule has 0 saturated heterocycles. The minimum Gasteiger partial charge on any atom is -0.324 e. The number of hydrogen-bond acceptors (Lipinski definition) is 4. The zero-order valence-corrected chi connectivity index (χ0v) is 14.3. The Kier molecular flexibility index (Phi) is 4.25. The van der Waals surface area contributed by atoms with E-state index in [-0.39, 0.29) is 18.9 Å². The highest BCUT2D eigenvalue weighted by Crippen LogP contribution is 2.20. The van der Waals surface area contributed by atoms with E-state index >= 15 is 0 Å². The second-order valence-electron chi connectivity index (χ2n) is 6.11. The minimum absolute atomic E-state index is 0.0825. The first-order chi connectivity index (χ1) is 13.1. The third-order valence-electron chi connectivity index (χ3n) is 4.37. The van der Waals surface area contributed by atoms with Gasteiger partial charge in [0, 0.05) is 24.5 Å². The Morgan fingerprint density at radius 2 is 1.85 bits per heavy atom. The topological polar surface area (TPSA) is 96.9 Å². The van der Waals surface area contributed by atoms with E-state index in [9.17, 15) is 14.4 Å². The molecule has 0 aliphatic rings. The zero-order chi connectivity index (χ0) is 18.8. The summed E-state index contributed by atoms with van der Waals surface area (Å²) in [5.41, 5.74) is 0.874. The van der Waals surface area contributed by atoms with Crippen LogP contribution in [0, 0.1) is 0 Å². The van der Waals surface area contributed by atoms with Gasteiger partial charge in [-0.3, -0.25) is 24.1 Å². The molecular formula is C20H16N4O3. The van der Waals surface area contributed by atoms with Crippen molar-refractivity contribution < 1.29 is 4.79 Å². The average Bonchev–Trinajstić information content (AvgIpc) is 2.68. The van der Waals surface area contributed by atoms with Crippen molar-refractivity contribution in [3.8, 4) is 0 Å². The lowest BCUT2D eigenvalue weighted by Gasteiger charge is -2.10. The maximum Gasteiger partial charge on any atom is 0.328 e. The molecule has 2 aromatic carbocycles. The number of aromatic amines is 1. The first-order valence-electron chi connectivity index (χ1n) is 8.49. The number of rotatable bonds is 4. The Morgan fingerprint density at radius 1 is 1.04 bits per heavy atom. The van der Waals surface area contributed by atoms with Crippen molar-refractivity contribution in [1.29, 1.82) is 0 Å². The minimum atomic E-state index is -0.529. The second-order valence-corrected chi connectivity index (χ2v) is 6.11. The molecule has 0 radical (unpaired) electrons. The highest BCUT2D eigenvalue weighted by atomic mass is 16.2. The van der Waals surface area contributed by atoms with Gasteiger partial charge >= 0.3 is 5.69 Å². The molecule has 7 heteroatoms. The van der Waals surface area contributed by atoms with Gasteiger partial charge in [0.1, 0.15) is 0 Å². The molecule has 0 spiro atoms. The summed E-state index contributed by atoms with van der Waals surface area (Å²) in [5, 5.41) is 4.19. The molecule has 0 unspecified atom stereocenters. The molecule has 0 aliphatic carbocycles. The third kappa shape index (κ3) is 3.22. The number of carbonyl (C=O) groups excluding carboxylic acids is 1. The molecule has 2 N–H and O–H groups in total. The summed E-state index contributed by atoms with van der Waals surface area (Å²) in [5.74, 6) is -0.240. The number of pyridine rings is 1. The van der Waals surface area contributed by atoms with Crippen LogP contribution in [0.1, 0.15) is 6.42 Å². The molecule has 0 aliphatic heterocycles. The Hall–Kier alpha value is -3.74. The van der Waals surface area contributed by atoms with Crippen LogP contribution in [0.3, 0.4) is 0 Å². The summed E-state index contributed by atoms with van der Waals surface area (Å²) in [4.78, 5) is 43.1. The van der Waals surface area contributed by atoms with E-state index in [0.717, 1.165) is 5.39 Å². The smallest absolute Gasteiger partial charge is 0.324 e. The van der Waals surface area contributed by atoms with Gasteiger partial charge in [0.15, 0.2) is 0 Å². The Labute approximate surface area is 153 Å². The second kappa shape index (κ2) is 6.87. The molecule has 0 fully saturated rings. The summed E-state index contributed by atoms with van der Waals surface area (Å²) in [6.07, 6.45) is 1.75. The molecular weight excluding hydrogens is 344 g/mol. The van der Waals surface area contributed by atoms with Crippen LogP contribution < -0.4 is 16.6 Å². The van der Waals surface area contributed by atoms with E-state index in [1.807, 2.05) is 24.3 Å². The Bertz CT molecular complexity index is 1270. The molecule has 0 atom stereocenters. The molecule has 4 aromatic rings. The van der Waals surface area contributed by atoms with Gasteiger partial charge in [-0.1, -0.05) is 30.3 Å². The van der Waals surface area contributed by atoms with E-state index in [4.69, 9.17) is 0 Å². The van der Waals surface area contributed by atoms with Crippen molar-refractivity contribution in [2.75, 3.05) is 5.32 Å². The van der Waals surface area contributed by atoms with Crippen molar-refractivity contribution in [3.05, 3.63) is 81.6 Å². The molecule has 7 nitrogen and oxygen atoms in total. The lowest BCUT2D eigenvalue weighted by molar-refractivity contribution is -0.116. The number of aromatic nitrogens is 3. The number of amides is 1. The summed E-state index contributed by atoms with van der Waals surface area (Å²) < 4.78 is 1.40. The van der Waals surface area contributed by atoms with E-state index in [0.29, 0.717) is 22.1 Å². The number of hydrogen-bond donors (Lipinski definition) is 2. The van der Waals surface area contributed by atoms with Gasteiger partial charge in [-0.15, -0.1) is 0 Å². The van der Waals surface area contributed by atoms with Crippen LogP contribution in [-0.4, -0.2) is 20.4 Å². The third-order valence-corrected chi connectivity index (χ3v) is 4.37. The zero-order valence-electron chi connectivity index (χ0n) is 14.3. The number of carbonyl (C=O) groups is 1. The van der Waals surface area contributed by atoms with Crippen molar-refractivity contribution in [3.63, 3.8) is 0 Å². The summed E-state index contributed by atoms with van der Waals surface area (Å²) in [6.45, 7) is 0.153. The first kappa shape index (κ1) is 16.7. The molecule has 2 heterocycles. The van der Waals surface area contributed by atoms with E-state index < -0.39 is 11.2 Å². The van der Waals surface area contributed by atoms with Crippen LogP contribution >= 0.6 is 0 Å². The van der Waals surface area contributed by atoms with Crippen molar-refractivity contribution in [2.24, 2.45) is 0 Å². The molecule has 27 heavy (non-hydrogen) atoms. The van der Waals surface area contributed by atoms with Gasteiger partial charge in [-0.2, -0.15) is 0 Å². The maximum atomic E-state index is 12.4. The van der Waals surface area contributed by atoms with Crippen LogP contribution in [0.4, 0.5) is 5.69 Å². The number of anilines is 1. The van der Waals surface area contributed by atoms with Gasteiger partial charge in [0.2, 0.25) is 5.91 Å². The van der Waals surface area contributed by atoms with Gasteiger partial charge in [-0.25, -0.2) is 4.79 Å². The SMILES string of the molecule is O=C(CCn1c(=O)[nH]c(=O)c2ccccc21)Nc1cccc2cccnc12. The number of nitrogens with one attached hydrogen (secondary N) is 2. The monoisotopic (exact) mass is 360 g/mol. The fraction of sp³-hybridized carbons (Fsp3) is 0.100. The van der Waals surface area contributed by atoms with Gasteiger partial charge in [0.05, 0.1) is 22.1 Å². The summed E-state index contributed by atoms with van der Waals surface area (Å²) in [7, 11) is 0. The quantitative estimate of drug-likeness (QED) is 0.583. The van der Waals surface area contributed by atoms with Crippen LogP contribution in [0.15, 0.2) is 70.4 Å². The average molecular weight is 360 g/mol. The fourth-order valence-corrected chi connectivity index (χ4v) is 3.10. The van der Waals surface area contributed by atoms with Crippen molar-refractivity contribution in [1.82, 2.24) is 14.5 Å². The van der Waals surface area contributed by atoms with E-state index in [2.05, 4.69) is 15.3 Å². The largest absolute Gasteiger partial charge is 0.328 e. The van der Waals surface area contributed by atoms with Crippen LogP contribution in [0.25, 0.3) is 21.8 Å². The van der Waals surface area contributed by atoms with Gasteiger partial charge < -0.3 is 5.32 Å². The van der Waals surface area contributed by atoms with Crippen molar-refractivity contribution >= 4 is 33.4 Å². The van der Waals surface area contributed by atoms with Gasteiger partial charge in [0.25, 0.3) is 5.56 Å². The van der Waals surface area contributed by atoms with Crippen molar-refractivity contribution in [2.45, 2.75) is 13.0 Å². The maximum absolute atomic E-state index is 12.4.